The lowest BCUT2D eigenvalue weighted by atomic mass is 9.48. The van der Waals surface area contributed by atoms with Gasteiger partial charge in [0.25, 0.3) is 0 Å². The summed E-state index contributed by atoms with van der Waals surface area (Å²) in [6.07, 6.45) is 13.2. The number of aromatic nitrogens is 1. The second-order valence-corrected chi connectivity index (χ2v) is 10.6. The first-order valence-corrected chi connectivity index (χ1v) is 11.8. The molecule has 1 aromatic heterocycles. The number of ketones is 1. The summed E-state index contributed by atoms with van der Waals surface area (Å²) in [4.78, 5) is 29.1. The highest BCUT2D eigenvalue weighted by Crippen LogP contribution is 2.65. The fourth-order valence-corrected chi connectivity index (χ4v) is 7.48. The van der Waals surface area contributed by atoms with Gasteiger partial charge >= 0.3 is 5.97 Å². The Kier molecular flexibility index (Phi) is 4.95. The minimum absolute atomic E-state index is 0.0307. The number of hydrogen-bond donors (Lipinski definition) is 0. The predicted molar refractivity (Wildman–Crippen MR) is 120 cm³/mol. The van der Waals surface area contributed by atoms with Crippen molar-refractivity contribution in [1.29, 1.82) is 0 Å². The summed E-state index contributed by atoms with van der Waals surface area (Å²) >= 11 is 0. The second kappa shape index (κ2) is 7.43. The topological polar surface area (TPSA) is 56.3 Å². The van der Waals surface area contributed by atoms with Crippen molar-refractivity contribution in [2.45, 2.75) is 71.8 Å². The Morgan fingerprint density at radius 3 is 2.68 bits per heavy atom. The summed E-state index contributed by atoms with van der Waals surface area (Å²) in [7, 11) is 0. The molecule has 1 unspecified atom stereocenters. The van der Waals surface area contributed by atoms with E-state index in [1.54, 1.807) is 6.20 Å². The highest BCUT2D eigenvalue weighted by molar-refractivity contribution is 6.03. The van der Waals surface area contributed by atoms with Crippen LogP contribution in [0.25, 0.3) is 6.08 Å². The van der Waals surface area contributed by atoms with Crippen LogP contribution in [0.1, 0.15) is 71.4 Å². The van der Waals surface area contributed by atoms with Gasteiger partial charge in [0.05, 0.1) is 5.69 Å². The zero-order valence-electron chi connectivity index (χ0n) is 18.9. The fraction of sp³-hybridized carbons (Fsp3) is 0.593. The Morgan fingerprint density at radius 2 is 1.94 bits per heavy atom. The maximum Gasteiger partial charge on any atom is 0.302 e. The van der Waals surface area contributed by atoms with E-state index in [9.17, 15) is 9.59 Å². The molecular weight excluding hydrogens is 386 g/mol. The van der Waals surface area contributed by atoms with E-state index in [0.717, 1.165) is 49.8 Å². The number of rotatable bonds is 2. The van der Waals surface area contributed by atoms with Crippen LogP contribution in [-0.4, -0.2) is 22.8 Å². The molecule has 3 fully saturated rings. The van der Waals surface area contributed by atoms with Crippen LogP contribution in [0.4, 0.5) is 0 Å². The smallest absolute Gasteiger partial charge is 0.302 e. The van der Waals surface area contributed by atoms with E-state index in [1.165, 1.54) is 12.5 Å². The minimum Gasteiger partial charge on any atom is -0.462 e. The average molecular weight is 420 g/mol. The molecule has 0 amide bonds. The molecule has 4 nitrogen and oxygen atoms in total. The molecule has 4 aliphatic carbocycles. The number of ether oxygens (including phenoxy) is 1. The van der Waals surface area contributed by atoms with Gasteiger partial charge in [-0.1, -0.05) is 31.6 Å². The van der Waals surface area contributed by atoms with Gasteiger partial charge in [0.15, 0.2) is 5.78 Å². The first-order chi connectivity index (χ1) is 14.8. The van der Waals surface area contributed by atoms with E-state index < -0.39 is 0 Å². The Hall–Kier alpha value is -2.23. The zero-order valence-corrected chi connectivity index (χ0v) is 18.9. The number of nitrogens with zero attached hydrogens (tertiary/aromatic N) is 1. The molecule has 0 radical (unpaired) electrons. The molecule has 1 heterocycles. The van der Waals surface area contributed by atoms with Crippen molar-refractivity contribution >= 4 is 17.8 Å². The van der Waals surface area contributed by atoms with Crippen molar-refractivity contribution in [3.8, 4) is 0 Å². The van der Waals surface area contributed by atoms with Crippen molar-refractivity contribution in [2.75, 3.05) is 0 Å². The van der Waals surface area contributed by atoms with Crippen LogP contribution in [-0.2, 0) is 14.3 Å². The molecule has 5 rings (SSSR count). The third-order valence-corrected chi connectivity index (χ3v) is 9.08. The van der Waals surface area contributed by atoms with Crippen molar-refractivity contribution in [3.05, 3.63) is 47.3 Å². The molecule has 0 spiro atoms. The van der Waals surface area contributed by atoms with Crippen LogP contribution < -0.4 is 0 Å². The lowest BCUT2D eigenvalue weighted by molar-refractivity contribution is -0.148. The summed E-state index contributed by atoms with van der Waals surface area (Å²) in [5, 5.41) is 0. The molecule has 0 bridgehead atoms. The molecular formula is C27H33NO3. The van der Waals surface area contributed by atoms with Gasteiger partial charge in [0, 0.05) is 31.5 Å². The third-order valence-electron chi connectivity index (χ3n) is 9.08. The summed E-state index contributed by atoms with van der Waals surface area (Å²) < 4.78 is 5.55. The van der Waals surface area contributed by atoms with Crippen LogP contribution in [0.2, 0.25) is 0 Å². The van der Waals surface area contributed by atoms with Crippen molar-refractivity contribution in [3.63, 3.8) is 0 Å². The molecule has 0 saturated heterocycles. The van der Waals surface area contributed by atoms with Crippen LogP contribution in [0.3, 0.4) is 0 Å². The lowest BCUT2D eigenvalue weighted by Crippen LogP contribution is -2.49. The summed E-state index contributed by atoms with van der Waals surface area (Å²) in [5.41, 5.74) is 3.50. The molecule has 31 heavy (non-hydrogen) atoms. The molecule has 1 aromatic rings. The predicted octanol–water partition coefficient (Wildman–Crippen LogP) is 5.54. The molecule has 0 aliphatic heterocycles. The van der Waals surface area contributed by atoms with Gasteiger partial charge < -0.3 is 4.74 Å². The maximum absolute atomic E-state index is 13.2. The minimum atomic E-state index is -0.173. The largest absolute Gasteiger partial charge is 0.462 e. The Balaban J connectivity index is 1.44. The number of pyridine rings is 1. The van der Waals surface area contributed by atoms with Crippen LogP contribution in [0.5, 0.6) is 0 Å². The van der Waals surface area contributed by atoms with E-state index in [2.05, 4.69) is 31.0 Å². The molecule has 4 aliphatic rings. The van der Waals surface area contributed by atoms with Gasteiger partial charge in [-0.25, -0.2) is 0 Å². The summed E-state index contributed by atoms with van der Waals surface area (Å²) in [6, 6.07) is 5.88. The summed E-state index contributed by atoms with van der Waals surface area (Å²) in [5.74, 6) is 1.72. The normalized spacial score (nSPS) is 40.5. The van der Waals surface area contributed by atoms with Gasteiger partial charge in [0.2, 0.25) is 0 Å². The Labute approximate surface area is 185 Å². The fourth-order valence-electron chi connectivity index (χ4n) is 7.48. The number of carbonyl (C=O) groups excluding carboxylic acids is 2. The molecule has 164 valence electrons. The first kappa shape index (κ1) is 20.7. The standard InChI is InChI=1S/C27H33NO3/c1-17(29)31-20-9-11-26(2)18(14-20)7-8-21-22(26)10-12-27(3)23(21)16-25(30)24(27)15-19-6-4-5-13-28-19/h4-7,13,15,20-23H,8-12,14,16H2,1-3H3/t20?,21-,22+,23+,26+,27+/m1/s1. The molecule has 0 N–H and O–H groups in total. The number of Topliss-reactive ketones (excluding diaryl/α,β-unsaturated/α-hetero) is 1. The number of allylic oxidation sites excluding steroid dienone is 2. The van der Waals surface area contributed by atoms with Crippen molar-refractivity contribution in [2.24, 2.45) is 28.6 Å². The highest BCUT2D eigenvalue weighted by Gasteiger charge is 2.59. The summed E-state index contributed by atoms with van der Waals surface area (Å²) in [6.45, 7) is 6.27. The average Bonchev–Trinajstić information content (AvgIpc) is 2.99. The highest BCUT2D eigenvalue weighted by atomic mass is 16.5. The Bertz CT molecular complexity index is 964. The molecule has 4 heteroatoms. The van der Waals surface area contributed by atoms with E-state index >= 15 is 0 Å². The van der Waals surface area contributed by atoms with Crippen LogP contribution >= 0.6 is 0 Å². The third kappa shape index (κ3) is 3.30. The maximum atomic E-state index is 13.2. The zero-order chi connectivity index (χ0) is 21.8. The lowest BCUT2D eigenvalue weighted by Gasteiger charge is -2.57. The van der Waals surface area contributed by atoms with Crippen LogP contribution in [0.15, 0.2) is 41.6 Å². The van der Waals surface area contributed by atoms with Crippen molar-refractivity contribution < 1.29 is 14.3 Å². The van der Waals surface area contributed by atoms with Crippen molar-refractivity contribution in [1.82, 2.24) is 4.98 Å². The van der Waals surface area contributed by atoms with Gasteiger partial charge in [-0.15, -0.1) is 0 Å². The number of hydrogen-bond acceptors (Lipinski definition) is 4. The van der Waals surface area contributed by atoms with Crippen LogP contribution in [0, 0.1) is 28.6 Å². The molecule has 0 aromatic carbocycles. The molecule has 3 saturated carbocycles. The van der Waals surface area contributed by atoms with Gasteiger partial charge in [0.1, 0.15) is 6.10 Å². The number of fused-ring (bicyclic) bond motifs is 5. The van der Waals surface area contributed by atoms with Gasteiger partial charge in [-0.05, 0) is 78.9 Å². The monoisotopic (exact) mass is 419 g/mol. The molecule has 6 atom stereocenters. The Morgan fingerprint density at radius 1 is 1.13 bits per heavy atom. The number of carbonyl (C=O) groups is 2. The van der Waals surface area contributed by atoms with E-state index in [-0.39, 0.29) is 22.9 Å². The van der Waals surface area contributed by atoms with Gasteiger partial charge in [-0.3, -0.25) is 14.6 Å². The van der Waals surface area contributed by atoms with E-state index in [0.29, 0.717) is 30.0 Å². The first-order valence-electron chi connectivity index (χ1n) is 11.8. The quantitative estimate of drug-likeness (QED) is 0.359. The van der Waals surface area contributed by atoms with E-state index in [4.69, 9.17) is 4.74 Å². The van der Waals surface area contributed by atoms with Gasteiger partial charge in [-0.2, -0.15) is 0 Å². The SMILES string of the molecule is CC(=O)OC1CC[C@@]2(C)C(=CC[C@@H]3[C@@H]2CC[C@]2(C)C(=Cc4ccccn4)C(=O)C[C@@H]32)C1. The van der Waals surface area contributed by atoms with E-state index in [1.807, 2.05) is 18.2 Å². The second-order valence-electron chi connectivity index (χ2n) is 10.6. The number of esters is 1.